The monoisotopic (exact) mass is 377 g/mol. The number of thiazole rings is 1. The van der Waals surface area contributed by atoms with Crippen molar-refractivity contribution in [1.82, 2.24) is 9.88 Å². The summed E-state index contributed by atoms with van der Waals surface area (Å²) in [4.78, 5) is 18.4. The van der Waals surface area contributed by atoms with Gasteiger partial charge in [-0.25, -0.2) is 9.37 Å². The molecule has 3 rings (SSSR count). The van der Waals surface area contributed by atoms with Crippen molar-refractivity contribution >= 4 is 42.1 Å². The van der Waals surface area contributed by atoms with Crippen LogP contribution in [0.5, 0.6) is 0 Å². The largest absolute Gasteiger partial charge is 0.336 e. The molecule has 23 heavy (non-hydrogen) atoms. The van der Waals surface area contributed by atoms with Crippen molar-refractivity contribution < 1.29 is 9.18 Å². The topological polar surface area (TPSA) is 59.2 Å². The first-order valence-electron chi connectivity index (χ1n) is 6.90. The first-order valence-corrected chi connectivity index (χ1v) is 7.78. The summed E-state index contributed by atoms with van der Waals surface area (Å²) in [5.74, 6) is -0.449. The van der Waals surface area contributed by atoms with Crippen LogP contribution in [-0.2, 0) is 0 Å². The number of halogens is 3. The maximum Gasteiger partial charge on any atom is 0.273 e. The lowest BCUT2D eigenvalue weighted by Crippen LogP contribution is -2.45. The molecule has 0 bridgehead atoms. The minimum atomic E-state index is -0.328. The lowest BCUT2D eigenvalue weighted by atomic mass is 10.1. The molecule has 1 atom stereocenters. The van der Waals surface area contributed by atoms with Gasteiger partial charge in [0.15, 0.2) is 0 Å². The molecule has 0 radical (unpaired) electrons. The minimum absolute atomic E-state index is 0. The number of hydrogen-bond acceptors (Lipinski definition) is 4. The van der Waals surface area contributed by atoms with Crippen LogP contribution in [0.3, 0.4) is 0 Å². The number of amides is 1. The molecule has 2 heterocycles. The van der Waals surface area contributed by atoms with Crippen LogP contribution in [0.4, 0.5) is 4.39 Å². The first kappa shape index (κ1) is 19.8. The van der Waals surface area contributed by atoms with Gasteiger partial charge >= 0.3 is 0 Å². The number of aromatic nitrogens is 1. The van der Waals surface area contributed by atoms with Crippen LogP contribution in [0.2, 0.25) is 0 Å². The lowest BCUT2D eigenvalue weighted by molar-refractivity contribution is 0.0704. The van der Waals surface area contributed by atoms with Crippen molar-refractivity contribution in [3.05, 3.63) is 41.2 Å². The number of hydrogen-bond donors (Lipinski definition) is 1. The minimum Gasteiger partial charge on any atom is -0.336 e. The van der Waals surface area contributed by atoms with Gasteiger partial charge in [-0.3, -0.25) is 4.79 Å². The standard InChI is InChI=1S/C15H16FN3OS.2ClH/c16-12-6-2-1-5-11(12)14-18-13(9-21-14)15(20)19-7-3-4-10(17)8-19;;/h1-2,5-6,9-10H,3-4,7-8,17H2;2*1H. The highest BCUT2D eigenvalue weighted by Gasteiger charge is 2.24. The number of likely N-dealkylation sites (tertiary alicyclic amines) is 1. The third-order valence-electron chi connectivity index (χ3n) is 3.57. The Labute approximate surface area is 150 Å². The Kier molecular flexibility index (Phi) is 7.41. The Balaban J connectivity index is 0.00000132. The fourth-order valence-corrected chi connectivity index (χ4v) is 3.31. The Morgan fingerprint density at radius 1 is 1.35 bits per heavy atom. The summed E-state index contributed by atoms with van der Waals surface area (Å²) in [5.41, 5.74) is 6.69. The van der Waals surface area contributed by atoms with Crippen molar-refractivity contribution in [3.8, 4) is 10.6 Å². The second-order valence-electron chi connectivity index (χ2n) is 5.17. The summed E-state index contributed by atoms with van der Waals surface area (Å²) in [7, 11) is 0. The van der Waals surface area contributed by atoms with E-state index in [-0.39, 0.29) is 42.6 Å². The quantitative estimate of drug-likeness (QED) is 0.872. The molecule has 2 N–H and O–H groups in total. The average Bonchev–Trinajstić information content (AvgIpc) is 2.96. The Bertz CT molecular complexity index is 668. The predicted octanol–water partition coefficient (Wildman–Crippen LogP) is 3.36. The summed E-state index contributed by atoms with van der Waals surface area (Å²) in [6, 6.07) is 6.48. The van der Waals surface area contributed by atoms with Crippen LogP contribution in [0, 0.1) is 5.82 Å². The molecule has 1 amide bonds. The number of nitrogens with two attached hydrogens (primary N) is 1. The molecule has 1 aliphatic rings. The van der Waals surface area contributed by atoms with Crippen molar-refractivity contribution in [1.29, 1.82) is 0 Å². The van der Waals surface area contributed by atoms with Crippen LogP contribution in [0.15, 0.2) is 29.6 Å². The number of nitrogens with zero attached hydrogens (tertiary/aromatic N) is 2. The van der Waals surface area contributed by atoms with Crippen LogP contribution >= 0.6 is 36.2 Å². The van der Waals surface area contributed by atoms with E-state index in [1.807, 2.05) is 0 Å². The lowest BCUT2D eigenvalue weighted by Gasteiger charge is -2.30. The number of rotatable bonds is 2. The van der Waals surface area contributed by atoms with E-state index in [1.165, 1.54) is 17.4 Å². The number of carbonyl (C=O) groups is 1. The van der Waals surface area contributed by atoms with Gasteiger partial charge in [0.25, 0.3) is 5.91 Å². The fraction of sp³-hybridized carbons (Fsp3) is 0.333. The molecule has 8 heteroatoms. The molecule has 0 spiro atoms. The van der Waals surface area contributed by atoms with Crippen molar-refractivity contribution in [2.75, 3.05) is 13.1 Å². The zero-order valence-corrected chi connectivity index (χ0v) is 14.7. The molecule has 1 aromatic carbocycles. The van der Waals surface area contributed by atoms with E-state index in [4.69, 9.17) is 5.73 Å². The SMILES string of the molecule is Cl.Cl.NC1CCCN(C(=O)c2csc(-c3ccccc3F)n2)C1. The van der Waals surface area contributed by atoms with Crippen LogP contribution in [0.25, 0.3) is 10.6 Å². The van der Waals surface area contributed by atoms with E-state index in [2.05, 4.69) is 4.98 Å². The molecule has 0 aliphatic carbocycles. The molecule has 1 unspecified atom stereocenters. The molecule has 2 aromatic rings. The smallest absolute Gasteiger partial charge is 0.273 e. The van der Waals surface area contributed by atoms with E-state index >= 15 is 0 Å². The van der Waals surface area contributed by atoms with Gasteiger partial charge in [-0.15, -0.1) is 36.2 Å². The van der Waals surface area contributed by atoms with Gasteiger partial charge in [-0.1, -0.05) is 12.1 Å². The zero-order valence-electron chi connectivity index (χ0n) is 12.3. The van der Waals surface area contributed by atoms with Gasteiger partial charge in [0, 0.05) is 30.1 Å². The third-order valence-corrected chi connectivity index (χ3v) is 4.45. The molecular weight excluding hydrogens is 360 g/mol. The fourth-order valence-electron chi connectivity index (χ4n) is 2.49. The molecule has 0 saturated carbocycles. The second kappa shape index (κ2) is 8.59. The number of piperidine rings is 1. The Morgan fingerprint density at radius 2 is 2.09 bits per heavy atom. The van der Waals surface area contributed by atoms with E-state index in [0.717, 1.165) is 12.8 Å². The zero-order chi connectivity index (χ0) is 14.8. The van der Waals surface area contributed by atoms with Gasteiger partial charge in [-0.05, 0) is 25.0 Å². The summed E-state index contributed by atoms with van der Waals surface area (Å²) in [6.07, 6.45) is 1.86. The second-order valence-corrected chi connectivity index (χ2v) is 6.03. The highest BCUT2D eigenvalue weighted by Crippen LogP contribution is 2.26. The van der Waals surface area contributed by atoms with Gasteiger partial charge < -0.3 is 10.6 Å². The summed E-state index contributed by atoms with van der Waals surface area (Å²) >= 11 is 1.28. The van der Waals surface area contributed by atoms with Gasteiger partial charge in [0.2, 0.25) is 0 Å². The number of carbonyl (C=O) groups excluding carboxylic acids is 1. The molecule has 1 saturated heterocycles. The van der Waals surface area contributed by atoms with E-state index in [1.54, 1.807) is 28.5 Å². The molecule has 126 valence electrons. The van der Waals surface area contributed by atoms with Crippen LogP contribution in [-0.4, -0.2) is 34.9 Å². The highest BCUT2D eigenvalue weighted by molar-refractivity contribution is 7.13. The average molecular weight is 378 g/mol. The van der Waals surface area contributed by atoms with E-state index in [0.29, 0.717) is 29.4 Å². The predicted molar refractivity (Wildman–Crippen MR) is 95.1 cm³/mol. The molecule has 1 aromatic heterocycles. The highest BCUT2D eigenvalue weighted by atomic mass is 35.5. The van der Waals surface area contributed by atoms with Gasteiger partial charge in [0.1, 0.15) is 16.5 Å². The molecule has 4 nitrogen and oxygen atoms in total. The van der Waals surface area contributed by atoms with Crippen LogP contribution in [0.1, 0.15) is 23.3 Å². The Hall–Kier alpha value is -1.21. The van der Waals surface area contributed by atoms with E-state index in [9.17, 15) is 9.18 Å². The third kappa shape index (κ3) is 4.41. The van der Waals surface area contributed by atoms with E-state index < -0.39 is 0 Å². The first-order chi connectivity index (χ1) is 10.1. The normalized spacial score (nSPS) is 17.1. The van der Waals surface area contributed by atoms with Gasteiger partial charge in [-0.2, -0.15) is 0 Å². The molecule has 1 fully saturated rings. The summed E-state index contributed by atoms with van der Waals surface area (Å²) in [6.45, 7) is 1.27. The van der Waals surface area contributed by atoms with Crippen LogP contribution < -0.4 is 5.73 Å². The van der Waals surface area contributed by atoms with Gasteiger partial charge in [0.05, 0.1) is 0 Å². The van der Waals surface area contributed by atoms with Crippen molar-refractivity contribution in [3.63, 3.8) is 0 Å². The maximum absolute atomic E-state index is 13.7. The molecule has 1 aliphatic heterocycles. The number of benzene rings is 1. The van der Waals surface area contributed by atoms with Crippen molar-refractivity contribution in [2.24, 2.45) is 5.73 Å². The Morgan fingerprint density at radius 3 is 2.78 bits per heavy atom. The summed E-state index contributed by atoms with van der Waals surface area (Å²) in [5, 5.41) is 2.21. The summed E-state index contributed by atoms with van der Waals surface area (Å²) < 4.78 is 13.7. The molecular formula is C15H18Cl2FN3OS. The maximum atomic E-state index is 13.7. The van der Waals surface area contributed by atoms with Crippen molar-refractivity contribution in [2.45, 2.75) is 18.9 Å².